The summed E-state index contributed by atoms with van der Waals surface area (Å²) in [6.07, 6.45) is -3.19. The van der Waals surface area contributed by atoms with Crippen LogP contribution in [0.2, 0.25) is 0 Å². The number of halogens is 2. The first-order valence-corrected chi connectivity index (χ1v) is 2.81. The smallest absolute Gasteiger partial charge is 0.262 e. The van der Waals surface area contributed by atoms with Gasteiger partial charge in [-0.3, -0.25) is 0 Å². The normalized spacial score (nSPS) is 15.4. The van der Waals surface area contributed by atoms with Gasteiger partial charge in [0.25, 0.3) is 6.43 Å². The van der Waals surface area contributed by atoms with Crippen molar-refractivity contribution in [3.05, 3.63) is 0 Å². The van der Waals surface area contributed by atoms with Crippen LogP contribution >= 0.6 is 0 Å². The molecule has 0 rings (SSSR count). The highest BCUT2D eigenvalue weighted by Crippen LogP contribution is 2.00. The average molecular weight is 126 g/mol. The van der Waals surface area contributed by atoms with Crippen molar-refractivity contribution < 1.29 is 13.2 Å². The quantitative estimate of drug-likeness (QED) is 0.471. The molecular formula is C3H8F2OSi. The maximum Gasteiger partial charge on any atom is 0.262 e. The molecule has 1 unspecified atom stereocenters. The van der Waals surface area contributed by atoms with Crippen LogP contribution in [0.4, 0.5) is 8.78 Å². The lowest BCUT2D eigenvalue weighted by Crippen LogP contribution is -2.15. The zero-order chi connectivity index (χ0) is 5.86. The van der Waals surface area contributed by atoms with Gasteiger partial charge in [-0.1, -0.05) is 0 Å². The SMILES string of the molecule is CC(O[SiH3])C(F)F. The van der Waals surface area contributed by atoms with Crippen molar-refractivity contribution in [1.29, 1.82) is 0 Å². The van der Waals surface area contributed by atoms with Gasteiger partial charge in [-0.05, 0) is 6.92 Å². The number of hydrogen-bond donors (Lipinski definition) is 0. The summed E-state index contributed by atoms with van der Waals surface area (Å²) < 4.78 is 27.1. The van der Waals surface area contributed by atoms with Gasteiger partial charge in [-0.2, -0.15) is 0 Å². The minimum atomic E-state index is -2.32. The largest absolute Gasteiger partial charge is 0.420 e. The highest BCUT2D eigenvalue weighted by atomic mass is 28.2. The molecule has 0 aromatic heterocycles. The molecule has 0 heterocycles. The Labute approximate surface area is 44.2 Å². The summed E-state index contributed by atoms with van der Waals surface area (Å²) in [5.41, 5.74) is 0. The summed E-state index contributed by atoms with van der Waals surface area (Å²) in [5, 5.41) is 0. The molecule has 0 aliphatic heterocycles. The van der Waals surface area contributed by atoms with Crippen molar-refractivity contribution in [2.75, 3.05) is 0 Å². The molecule has 0 bridgehead atoms. The Hall–Kier alpha value is 0.0369. The van der Waals surface area contributed by atoms with E-state index in [0.717, 1.165) is 0 Å². The predicted octanol–water partition coefficient (Wildman–Crippen LogP) is -0.0630. The third kappa shape index (κ3) is 2.70. The summed E-state index contributed by atoms with van der Waals surface area (Å²) in [6.45, 7) is 1.36. The van der Waals surface area contributed by atoms with Crippen molar-refractivity contribution in [2.45, 2.75) is 19.5 Å². The minimum Gasteiger partial charge on any atom is -0.420 e. The second-order valence-corrected chi connectivity index (χ2v) is 1.75. The van der Waals surface area contributed by atoms with Crippen LogP contribution in [-0.2, 0) is 4.43 Å². The summed E-state index contributed by atoms with van der Waals surface area (Å²) >= 11 is 0. The number of hydrogen-bond acceptors (Lipinski definition) is 1. The van der Waals surface area contributed by atoms with Crippen molar-refractivity contribution in [2.24, 2.45) is 0 Å². The monoisotopic (exact) mass is 126 g/mol. The van der Waals surface area contributed by atoms with Crippen molar-refractivity contribution in [3.63, 3.8) is 0 Å². The Bertz CT molecular complexity index is 50.2. The third-order valence-electron chi connectivity index (χ3n) is 0.727. The lowest BCUT2D eigenvalue weighted by molar-refractivity contribution is 0.0273. The molecule has 0 aliphatic rings. The van der Waals surface area contributed by atoms with E-state index in [9.17, 15) is 8.78 Å². The van der Waals surface area contributed by atoms with E-state index in [2.05, 4.69) is 4.43 Å². The van der Waals surface area contributed by atoms with E-state index in [1.165, 1.54) is 6.92 Å². The van der Waals surface area contributed by atoms with Gasteiger partial charge in [0.05, 0.1) is 0 Å². The van der Waals surface area contributed by atoms with E-state index < -0.39 is 12.5 Å². The Morgan fingerprint density at radius 3 is 2.00 bits per heavy atom. The molecule has 4 heteroatoms. The van der Waals surface area contributed by atoms with Crippen LogP contribution in [0.5, 0.6) is 0 Å². The zero-order valence-electron chi connectivity index (χ0n) is 4.32. The first kappa shape index (κ1) is 7.04. The fourth-order valence-corrected chi connectivity index (χ4v) is 0.309. The summed E-state index contributed by atoms with van der Waals surface area (Å²) in [7, 11) is 0.391. The van der Waals surface area contributed by atoms with Gasteiger partial charge in [0.15, 0.2) is 0 Å². The lowest BCUT2D eigenvalue weighted by atomic mass is 10.4. The maximum atomic E-state index is 11.3. The average Bonchev–Trinajstić information content (AvgIpc) is 1.65. The highest BCUT2D eigenvalue weighted by Gasteiger charge is 2.10. The van der Waals surface area contributed by atoms with Gasteiger partial charge in [0, 0.05) is 0 Å². The molecule has 0 aromatic carbocycles. The molecule has 0 fully saturated rings. The van der Waals surface area contributed by atoms with Crippen LogP contribution in [0.1, 0.15) is 6.92 Å². The Balaban J connectivity index is 3.14. The van der Waals surface area contributed by atoms with Gasteiger partial charge < -0.3 is 4.43 Å². The van der Waals surface area contributed by atoms with Crippen molar-refractivity contribution in [1.82, 2.24) is 0 Å². The van der Waals surface area contributed by atoms with Crippen LogP contribution in [0, 0.1) is 0 Å². The number of alkyl halides is 2. The second-order valence-electron chi connectivity index (χ2n) is 1.28. The van der Waals surface area contributed by atoms with Gasteiger partial charge in [-0.15, -0.1) is 0 Å². The summed E-state index contributed by atoms with van der Waals surface area (Å²) in [5.74, 6) is 0. The molecule has 0 spiro atoms. The van der Waals surface area contributed by atoms with Gasteiger partial charge in [0.1, 0.15) is 16.6 Å². The molecule has 0 aromatic rings. The second kappa shape index (κ2) is 3.09. The molecule has 0 aliphatic carbocycles. The van der Waals surface area contributed by atoms with E-state index >= 15 is 0 Å². The summed E-state index contributed by atoms with van der Waals surface area (Å²) in [6, 6.07) is 0. The molecule has 7 heavy (non-hydrogen) atoms. The van der Waals surface area contributed by atoms with Crippen LogP contribution in [0.25, 0.3) is 0 Å². The summed E-state index contributed by atoms with van der Waals surface area (Å²) in [4.78, 5) is 0. The van der Waals surface area contributed by atoms with Crippen LogP contribution in [0.3, 0.4) is 0 Å². The minimum absolute atomic E-state index is 0.391. The Morgan fingerprint density at radius 1 is 1.57 bits per heavy atom. The molecule has 44 valence electrons. The van der Waals surface area contributed by atoms with Crippen molar-refractivity contribution in [3.8, 4) is 0 Å². The highest BCUT2D eigenvalue weighted by molar-refractivity contribution is 5.98. The van der Waals surface area contributed by atoms with Gasteiger partial charge in [-0.25, -0.2) is 8.78 Å². The molecule has 1 atom stereocenters. The molecule has 0 saturated heterocycles. The Morgan fingerprint density at radius 2 is 2.00 bits per heavy atom. The first-order valence-electron chi connectivity index (χ1n) is 1.99. The van der Waals surface area contributed by atoms with E-state index in [4.69, 9.17) is 0 Å². The van der Waals surface area contributed by atoms with Crippen LogP contribution in [0.15, 0.2) is 0 Å². The predicted molar refractivity (Wildman–Crippen MR) is 26.5 cm³/mol. The van der Waals surface area contributed by atoms with E-state index in [1.54, 1.807) is 0 Å². The van der Waals surface area contributed by atoms with E-state index in [0.29, 0.717) is 10.5 Å². The molecular weight excluding hydrogens is 118 g/mol. The fraction of sp³-hybridized carbons (Fsp3) is 1.00. The number of rotatable bonds is 2. The maximum absolute atomic E-state index is 11.3. The molecule has 0 saturated carbocycles. The van der Waals surface area contributed by atoms with Gasteiger partial charge >= 0.3 is 0 Å². The molecule has 1 nitrogen and oxygen atoms in total. The first-order chi connectivity index (χ1) is 3.18. The van der Waals surface area contributed by atoms with Gasteiger partial charge in [0.2, 0.25) is 0 Å². The molecule has 0 amide bonds. The van der Waals surface area contributed by atoms with E-state index in [-0.39, 0.29) is 0 Å². The molecule has 0 radical (unpaired) electrons. The van der Waals surface area contributed by atoms with E-state index in [1.807, 2.05) is 0 Å². The van der Waals surface area contributed by atoms with Crippen LogP contribution in [-0.4, -0.2) is 23.0 Å². The third-order valence-corrected chi connectivity index (χ3v) is 1.47. The standard InChI is InChI=1S/C3H8F2OSi/c1-2(6-7)3(4)5/h2-3H,1,7H3. The molecule has 0 N–H and O–H groups in total. The van der Waals surface area contributed by atoms with Crippen LogP contribution < -0.4 is 0 Å². The zero-order valence-corrected chi connectivity index (χ0v) is 6.32. The lowest BCUT2D eigenvalue weighted by Gasteiger charge is -2.05. The Kier molecular flexibility index (Phi) is 3.11. The topological polar surface area (TPSA) is 9.23 Å². The van der Waals surface area contributed by atoms with Crippen molar-refractivity contribution >= 4 is 10.5 Å². The fourth-order valence-electron chi connectivity index (χ4n) is 0.103.